The van der Waals surface area contributed by atoms with Gasteiger partial charge in [-0.3, -0.25) is 4.79 Å². The zero-order valence-electron chi connectivity index (χ0n) is 10.0. The number of hydrogen-bond acceptors (Lipinski definition) is 4. The molecule has 0 amide bonds. The van der Waals surface area contributed by atoms with Gasteiger partial charge in [0.15, 0.2) is 0 Å². The minimum Gasteiger partial charge on any atom is -0.459 e. The largest absolute Gasteiger partial charge is 0.459 e. The van der Waals surface area contributed by atoms with E-state index in [9.17, 15) is 4.79 Å². The third kappa shape index (κ3) is 3.18. The molecule has 0 aromatic heterocycles. The first kappa shape index (κ1) is 12.5. The van der Waals surface area contributed by atoms with Crippen LogP contribution in [-0.2, 0) is 14.3 Å². The molecule has 0 spiro atoms. The van der Waals surface area contributed by atoms with Gasteiger partial charge in [-0.25, -0.2) is 0 Å². The fourth-order valence-corrected chi connectivity index (χ4v) is 1.65. The summed E-state index contributed by atoms with van der Waals surface area (Å²) < 4.78 is 10.6. The lowest BCUT2D eigenvalue weighted by Gasteiger charge is -2.43. The van der Waals surface area contributed by atoms with Gasteiger partial charge in [0.05, 0.1) is 6.10 Å². The summed E-state index contributed by atoms with van der Waals surface area (Å²) in [6.45, 7) is 8.12. The zero-order chi connectivity index (χ0) is 11.7. The Hall–Kier alpha value is -0.610. The molecule has 4 nitrogen and oxygen atoms in total. The Kier molecular flexibility index (Phi) is 3.41. The van der Waals surface area contributed by atoms with Crippen molar-refractivity contribution >= 4 is 5.97 Å². The fraction of sp³-hybridized carbons (Fsp3) is 0.909. The highest BCUT2D eigenvalue weighted by molar-refractivity contribution is 5.82. The van der Waals surface area contributed by atoms with Crippen LogP contribution in [0.1, 0.15) is 40.5 Å². The van der Waals surface area contributed by atoms with Crippen molar-refractivity contribution < 1.29 is 14.3 Å². The first-order valence-electron chi connectivity index (χ1n) is 5.41. The highest BCUT2D eigenvalue weighted by atomic mass is 16.6. The second-order valence-electron chi connectivity index (χ2n) is 5.14. The van der Waals surface area contributed by atoms with E-state index in [0.717, 1.165) is 0 Å². The van der Waals surface area contributed by atoms with E-state index >= 15 is 0 Å². The van der Waals surface area contributed by atoms with Crippen LogP contribution in [0.2, 0.25) is 0 Å². The van der Waals surface area contributed by atoms with Gasteiger partial charge in [-0.2, -0.15) is 0 Å². The third-order valence-corrected chi connectivity index (χ3v) is 2.39. The Morgan fingerprint density at radius 1 is 1.47 bits per heavy atom. The van der Waals surface area contributed by atoms with E-state index in [1.807, 2.05) is 27.7 Å². The second-order valence-corrected chi connectivity index (χ2v) is 5.14. The van der Waals surface area contributed by atoms with Gasteiger partial charge in [0.1, 0.15) is 11.1 Å². The van der Waals surface area contributed by atoms with E-state index in [1.165, 1.54) is 0 Å². The topological polar surface area (TPSA) is 61.5 Å². The quantitative estimate of drug-likeness (QED) is 0.719. The average Bonchev–Trinajstić information content (AvgIpc) is 1.98. The number of carbonyl (C=O) groups is 1. The highest BCUT2D eigenvalue weighted by Gasteiger charge is 2.49. The van der Waals surface area contributed by atoms with Crippen LogP contribution in [-0.4, -0.2) is 29.8 Å². The van der Waals surface area contributed by atoms with Crippen LogP contribution in [0.3, 0.4) is 0 Å². The predicted molar refractivity (Wildman–Crippen MR) is 57.4 cm³/mol. The van der Waals surface area contributed by atoms with Crippen LogP contribution >= 0.6 is 0 Å². The van der Waals surface area contributed by atoms with Crippen molar-refractivity contribution in [2.45, 2.75) is 57.8 Å². The number of esters is 1. The smallest absolute Gasteiger partial charge is 0.326 e. The van der Waals surface area contributed by atoms with Crippen molar-refractivity contribution in [1.82, 2.24) is 0 Å². The molecule has 2 N–H and O–H groups in total. The molecule has 15 heavy (non-hydrogen) atoms. The lowest BCUT2D eigenvalue weighted by atomic mass is 9.75. The fourth-order valence-electron chi connectivity index (χ4n) is 1.65. The molecule has 0 bridgehead atoms. The minimum atomic E-state index is -0.826. The number of carbonyl (C=O) groups excluding carboxylic acids is 1. The molecule has 1 fully saturated rings. The summed E-state index contributed by atoms with van der Waals surface area (Å²) >= 11 is 0. The van der Waals surface area contributed by atoms with Crippen molar-refractivity contribution in [3.8, 4) is 0 Å². The van der Waals surface area contributed by atoms with Gasteiger partial charge in [0, 0.05) is 19.4 Å². The van der Waals surface area contributed by atoms with Gasteiger partial charge >= 0.3 is 5.97 Å². The van der Waals surface area contributed by atoms with Crippen LogP contribution in [0.25, 0.3) is 0 Å². The summed E-state index contributed by atoms with van der Waals surface area (Å²) in [4.78, 5) is 11.7. The Balaban J connectivity index is 2.42. The molecule has 0 atom stereocenters. The van der Waals surface area contributed by atoms with Crippen LogP contribution in [0, 0.1) is 0 Å². The van der Waals surface area contributed by atoms with Gasteiger partial charge in [-0.1, -0.05) is 0 Å². The summed E-state index contributed by atoms with van der Waals surface area (Å²) in [7, 11) is 0. The molecule has 0 aliphatic heterocycles. The maximum Gasteiger partial charge on any atom is 0.326 e. The Morgan fingerprint density at radius 3 is 2.40 bits per heavy atom. The Morgan fingerprint density at radius 2 is 2.00 bits per heavy atom. The molecule has 88 valence electrons. The van der Waals surface area contributed by atoms with Crippen molar-refractivity contribution in [2.75, 3.05) is 6.61 Å². The van der Waals surface area contributed by atoms with Gasteiger partial charge < -0.3 is 15.2 Å². The van der Waals surface area contributed by atoms with E-state index in [0.29, 0.717) is 19.4 Å². The van der Waals surface area contributed by atoms with Crippen molar-refractivity contribution in [3.63, 3.8) is 0 Å². The normalized spacial score (nSPS) is 30.9. The summed E-state index contributed by atoms with van der Waals surface area (Å²) in [5, 5.41) is 0. The number of hydrogen-bond donors (Lipinski definition) is 1. The Bertz CT molecular complexity index is 239. The molecule has 1 aliphatic rings. The summed E-state index contributed by atoms with van der Waals surface area (Å²) in [6.07, 6.45) is 1.25. The molecule has 4 heteroatoms. The third-order valence-electron chi connectivity index (χ3n) is 2.39. The van der Waals surface area contributed by atoms with E-state index in [-0.39, 0.29) is 12.1 Å². The molecule has 0 radical (unpaired) electrons. The number of ether oxygens (including phenoxy) is 2. The molecule has 1 saturated carbocycles. The van der Waals surface area contributed by atoms with Gasteiger partial charge in [0.2, 0.25) is 0 Å². The molecule has 1 aliphatic carbocycles. The monoisotopic (exact) mass is 215 g/mol. The second kappa shape index (κ2) is 4.10. The lowest BCUT2D eigenvalue weighted by Crippen LogP contribution is -2.62. The standard InChI is InChI=1S/C11H21NO3/c1-5-14-8-6-11(12,7-8)9(13)15-10(2,3)4/h8H,5-7,12H2,1-4H3. The zero-order valence-corrected chi connectivity index (χ0v) is 10.0. The van der Waals surface area contributed by atoms with Crippen LogP contribution < -0.4 is 5.73 Å². The van der Waals surface area contributed by atoms with E-state index < -0.39 is 11.1 Å². The molecular formula is C11H21NO3. The van der Waals surface area contributed by atoms with Crippen LogP contribution in [0.4, 0.5) is 0 Å². The molecular weight excluding hydrogens is 194 g/mol. The Labute approximate surface area is 91.1 Å². The minimum absolute atomic E-state index is 0.118. The number of nitrogens with two attached hydrogens (primary N) is 1. The predicted octanol–water partition coefficient (Wildman–Crippen LogP) is 1.22. The average molecular weight is 215 g/mol. The first-order valence-corrected chi connectivity index (χ1v) is 5.41. The molecule has 0 unspecified atom stereocenters. The molecule has 0 aromatic rings. The summed E-state index contributed by atoms with van der Waals surface area (Å²) in [5.74, 6) is -0.314. The van der Waals surface area contributed by atoms with Crippen LogP contribution in [0.15, 0.2) is 0 Å². The van der Waals surface area contributed by atoms with E-state index in [2.05, 4.69) is 0 Å². The molecule has 0 aromatic carbocycles. The molecule has 0 heterocycles. The van der Waals surface area contributed by atoms with Crippen LogP contribution in [0.5, 0.6) is 0 Å². The van der Waals surface area contributed by atoms with E-state index in [1.54, 1.807) is 0 Å². The maximum absolute atomic E-state index is 11.7. The number of rotatable bonds is 3. The summed E-state index contributed by atoms with van der Waals surface area (Å²) in [5.41, 5.74) is 4.62. The summed E-state index contributed by atoms with van der Waals surface area (Å²) in [6, 6.07) is 0. The molecule has 0 saturated heterocycles. The SMILES string of the molecule is CCOC1CC(N)(C(=O)OC(C)(C)C)C1. The maximum atomic E-state index is 11.7. The van der Waals surface area contributed by atoms with Gasteiger partial charge in [-0.05, 0) is 27.7 Å². The van der Waals surface area contributed by atoms with Gasteiger partial charge in [-0.15, -0.1) is 0 Å². The lowest BCUT2D eigenvalue weighted by molar-refractivity contribution is -0.172. The van der Waals surface area contributed by atoms with Crippen molar-refractivity contribution in [3.05, 3.63) is 0 Å². The van der Waals surface area contributed by atoms with Gasteiger partial charge in [0.25, 0.3) is 0 Å². The van der Waals surface area contributed by atoms with Crippen molar-refractivity contribution in [1.29, 1.82) is 0 Å². The molecule has 1 rings (SSSR count). The highest BCUT2D eigenvalue weighted by Crippen LogP contribution is 2.34. The first-order chi connectivity index (χ1) is 6.77. The van der Waals surface area contributed by atoms with E-state index in [4.69, 9.17) is 15.2 Å². The van der Waals surface area contributed by atoms with Crippen molar-refractivity contribution in [2.24, 2.45) is 5.73 Å².